The minimum Gasteiger partial charge on any atom is -0.374 e. The predicted molar refractivity (Wildman–Crippen MR) is 330 cm³/mol. The normalized spacial score (nSPS) is 23.0. The molecule has 11 heteroatoms. The third-order valence-corrected chi connectivity index (χ3v) is 15.5. The van der Waals surface area contributed by atoms with Gasteiger partial charge in [-0.3, -0.25) is 0 Å². The molecule has 11 nitrogen and oxygen atoms in total. The van der Waals surface area contributed by atoms with E-state index in [1.165, 1.54) is 0 Å². The fourth-order valence-corrected chi connectivity index (χ4v) is 11.1. The molecule has 9 atom stereocenters. The van der Waals surface area contributed by atoms with Gasteiger partial charge in [-0.15, -0.1) is 0 Å². The second-order valence-electron chi connectivity index (χ2n) is 21.7. The van der Waals surface area contributed by atoms with Gasteiger partial charge in [-0.1, -0.05) is 273 Å². The molecule has 1 aliphatic heterocycles. The van der Waals surface area contributed by atoms with Gasteiger partial charge in [-0.25, -0.2) is 0 Å². The number of ether oxygens (including phenoxy) is 11. The Morgan fingerprint density at radius 3 is 0.663 bits per heavy atom. The minimum atomic E-state index is -1.16. The molecule has 0 amide bonds. The van der Waals surface area contributed by atoms with Gasteiger partial charge >= 0.3 is 0 Å². The Labute approximate surface area is 506 Å². The molecule has 1 saturated carbocycles. The molecule has 0 aromatic heterocycles. The quantitative estimate of drug-likeness (QED) is 0.0430. The lowest BCUT2D eigenvalue weighted by Gasteiger charge is -2.52. The van der Waals surface area contributed by atoms with Crippen molar-refractivity contribution >= 4 is 0 Å². The highest BCUT2D eigenvalue weighted by Crippen LogP contribution is 2.40. The molecule has 1 saturated heterocycles. The molecule has 0 spiro atoms. The summed E-state index contributed by atoms with van der Waals surface area (Å²) in [6.45, 7) is 2.29. The summed E-state index contributed by atoms with van der Waals surface area (Å²) < 4.78 is 80.4. The van der Waals surface area contributed by atoms with Gasteiger partial charge in [0.05, 0.1) is 66.1 Å². The van der Waals surface area contributed by atoms with Crippen LogP contribution in [0.25, 0.3) is 0 Å². The van der Waals surface area contributed by atoms with E-state index in [2.05, 4.69) is 84.9 Å². The Morgan fingerprint density at radius 2 is 0.407 bits per heavy atom. The molecule has 11 rings (SSSR count). The van der Waals surface area contributed by atoms with Gasteiger partial charge in [0.25, 0.3) is 0 Å². The van der Waals surface area contributed by atoms with Gasteiger partial charge in [0.15, 0.2) is 6.29 Å². The van der Waals surface area contributed by atoms with Crippen LogP contribution in [0.2, 0.25) is 0 Å². The number of benzene rings is 9. The van der Waals surface area contributed by atoms with Gasteiger partial charge in [-0.2, -0.15) is 0 Å². The lowest BCUT2D eigenvalue weighted by molar-refractivity contribution is -0.366. The zero-order chi connectivity index (χ0) is 58.2. The first-order chi connectivity index (χ1) is 42.7. The van der Waals surface area contributed by atoms with E-state index in [9.17, 15) is 0 Å². The van der Waals surface area contributed by atoms with E-state index in [1.807, 2.05) is 188 Å². The van der Waals surface area contributed by atoms with Gasteiger partial charge in [-0.05, 0) is 50.1 Å². The van der Waals surface area contributed by atoms with Gasteiger partial charge in [0.2, 0.25) is 0 Å². The second kappa shape index (κ2) is 32.3. The smallest absolute Gasteiger partial charge is 0.187 e. The summed E-state index contributed by atoms with van der Waals surface area (Å²) in [6.07, 6.45) is -9.55. The highest BCUT2D eigenvalue weighted by Gasteiger charge is 2.58. The zero-order valence-corrected chi connectivity index (χ0v) is 48.4. The van der Waals surface area contributed by atoms with Crippen LogP contribution in [-0.4, -0.2) is 73.9 Å². The molecule has 0 N–H and O–H groups in total. The van der Waals surface area contributed by atoms with Gasteiger partial charge in [0, 0.05) is 0 Å². The van der Waals surface area contributed by atoms with Crippen molar-refractivity contribution in [3.05, 3.63) is 323 Å². The molecule has 442 valence electrons. The molecule has 1 heterocycles. The molecule has 86 heavy (non-hydrogen) atoms. The topological polar surface area (TPSA) is 102 Å². The maximum Gasteiger partial charge on any atom is 0.187 e. The minimum absolute atomic E-state index is 0.123. The molecule has 9 aromatic carbocycles. The van der Waals surface area contributed by atoms with E-state index < -0.39 is 67.3 Å². The fraction of sp³-hybridized carbons (Fsp3) is 0.280. The third-order valence-electron chi connectivity index (χ3n) is 15.5. The Hall–Kier alpha value is -7.46. The number of hydrogen-bond acceptors (Lipinski definition) is 11. The van der Waals surface area contributed by atoms with Crippen LogP contribution in [-0.2, 0) is 112 Å². The Kier molecular flexibility index (Phi) is 22.6. The molecular weight excluding hydrogens is 1080 g/mol. The molecule has 0 unspecified atom stereocenters. The molecule has 0 bridgehead atoms. The fourth-order valence-electron chi connectivity index (χ4n) is 11.1. The van der Waals surface area contributed by atoms with Crippen molar-refractivity contribution in [3.63, 3.8) is 0 Å². The molecule has 2 aliphatic rings. The maximum absolute atomic E-state index is 7.90. The Bertz CT molecular complexity index is 3170. The standard InChI is InChI=1S/C75H76O11/c1-10-28-56(29-11-1)46-76-55-65-66(77-47-57-30-12-2-13-31-57)67(78-48-58-32-14-3-15-33-58)74(84-54-64-44-26-9-27-45-64)75(85-65)86-73-71(82-52-62-40-22-7-23-41-62)69(80-50-60-36-18-5-19-37-60)68(79-49-59-34-16-4-17-35-59)70(81-51-61-38-20-6-21-39-61)72(73)83-53-63-42-24-8-25-43-63/h1-45,65-75H,46-55H2/t65-,66+,67+,68?,69-,70-,71+,72+,73?,74-,75-/m1/s1. The van der Waals surface area contributed by atoms with Gasteiger partial charge < -0.3 is 52.1 Å². The second-order valence-corrected chi connectivity index (χ2v) is 21.7. The van der Waals surface area contributed by atoms with Crippen molar-refractivity contribution in [3.8, 4) is 0 Å². The van der Waals surface area contributed by atoms with E-state index in [-0.39, 0.29) is 59.5 Å². The first-order valence-electron chi connectivity index (χ1n) is 29.8. The summed E-state index contributed by atoms with van der Waals surface area (Å²) in [5.41, 5.74) is 8.79. The largest absolute Gasteiger partial charge is 0.374 e. The molecule has 1 aliphatic carbocycles. The van der Waals surface area contributed by atoms with E-state index in [0.717, 1.165) is 50.1 Å². The van der Waals surface area contributed by atoms with Crippen molar-refractivity contribution in [2.24, 2.45) is 0 Å². The average Bonchev–Trinajstić information content (AvgIpc) is 3.02. The van der Waals surface area contributed by atoms with Crippen molar-refractivity contribution in [1.82, 2.24) is 0 Å². The van der Waals surface area contributed by atoms with E-state index in [0.29, 0.717) is 6.61 Å². The summed E-state index contributed by atoms with van der Waals surface area (Å²) in [5, 5.41) is 0. The van der Waals surface area contributed by atoms with Crippen LogP contribution in [0.3, 0.4) is 0 Å². The van der Waals surface area contributed by atoms with E-state index in [4.69, 9.17) is 52.1 Å². The van der Waals surface area contributed by atoms with Crippen LogP contribution < -0.4 is 0 Å². The maximum atomic E-state index is 7.90. The Balaban J connectivity index is 1.05. The third kappa shape index (κ3) is 17.4. The van der Waals surface area contributed by atoms with Gasteiger partial charge in [0.1, 0.15) is 61.0 Å². The van der Waals surface area contributed by atoms with Crippen LogP contribution in [0, 0.1) is 0 Å². The summed E-state index contributed by atoms with van der Waals surface area (Å²) in [7, 11) is 0. The molecule has 9 aromatic rings. The van der Waals surface area contributed by atoms with Crippen LogP contribution >= 0.6 is 0 Å². The molecular formula is C75H76O11. The van der Waals surface area contributed by atoms with Crippen LogP contribution in [0.1, 0.15) is 50.1 Å². The Morgan fingerprint density at radius 1 is 0.209 bits per heavy atom. The molecule has 2 fully saturated rings. The highest BCUT2D eigenvalue weighted by atomic mass is 16.7. The first-order valence-corrected chi connectivity index (χ1v) is 29.8. The number of hydrogen-bond donors (Lipinski definition) is 0. The van der Waals surface area contributed by atoms with Crippen LogP contribution in [0.15, 0.2) is 273 Å². The summed E-state index contributed by atoms with van der Waals surface area (Å²) in [6, 6.07) is 91.2. The lowest BCUT2D eigenvalue weighted by Crippen LogP contribution is -2.69. The zero-order valence-electron chi connectivity index (χ0n) is 48.4. The van der Waals surface area contributed by atoms with Crippen LogP contribution in [0.4, 0.5) is 0 Å². The van der Waals surface area contributed by atoms with Crippen molar-refractivity contribution < 1.29 is 52.1 Å². The molecule has 0 radical (unpaired) electrons. The van der Waals surface area contributed by atoms with E-state index in [1.54, 1.807) is 0 Å². The first kappa shape index (κ1) is 60.2. The monoisotopic (exact) mass is 1150 g/mol. The highest BCUT2D eigenvalue weighted by molar-refractivity contribution is 5.21. The van der Waals surface area contributed by atoms with Crippen molar-refractivity contribution in [2.45, 2.75) is 127 Å². The lowest BCUT2D eigenvalue weighted by atomic mass is 9.83. The van der Waals surface area contributed by atoms with Crippen molar-refractivity contribution in [1.29, 1.82) is 0 Å². The van der Waals surface area contributed by atoms with Crippen molar-refractivity contribution in [2.75, 3.05) is 6.61 Å². The SMILES string of the molecule is c1ccc(COC[C@H]2O[C@H](OC3[C@@H](OCc4ccccc4)[C@H](OCc4ccccc4)C(OCc4ccccc4)[C@@H](OCc4ccccc4)[C@@H]3OCc3ccccc3)[C@H](OCc3ccccc3)[C@@H](OCc3ccccc3)[C@H]2OCc2ccccc2)cc1. The predicted octanol–water partition coefficient (Wildman–Crippen LogP) is 14.0. The average molecular weight is 1150 g/mol. The van der Waals surface area contributed by atoms with E-state index >= 15 is 0 Å². The number of rotatable bonds is 30. The summed E-state index contributed by atoms with van der Waals surface area (Å²) >= 11 is 0. The summed E-state index contributed by atoms with van der Waals surface area (Å²) in [5.74, 6) is 0. The summed E-state index contributed by atoms with van der Waals surface area (Å²) in [4.78, 5) is 0. The van der Waals surface area contributed by atoms with Crippen LogP contribution in [0.5, 0.6) is 0 Å².